The van der Waals surface area contributed by atoms with E-state index in [1.807, 2.05) is 78.9 Å². The van der Waals surface area contributed by atoms with Crippen LogP contribution < -0.4 is 4.74 Å². The highest BCUT2D eigenvalue weighted by atomic mass is 16.5. The Morgan fingerprint density at radius 2 is 1.37 bits per heavy atom. The predicted octanol–water partition coefficient (Wildman–Crippen LogP) is 5.68. The van der Waals surface area contributed by atoms with Gasteiger partial charge < -0.3 is 9.84 Å². The number of ether oxygens (including phenoxy) is 1. The smallest absolute Gasteiger partial charge is 0.335 e. The lowest BCUT2D eigenvalue weighted by Gasteiger charge is -2.10. The fraction of sp³-hybridized carbons (Fsp3) is 0.0769. The normalized spacial score (nSPS) is 10.7. The molecule has 1 N–H and O–H groups in total. The number of aromatic carboxylic acids is 1. The topological polar surface area (TPSA) is 63.6 Å². The van der Waals surface area contributed by atoms with Crippen molar-refractivity contribution in [3.8, 4) is 11.5 Å². The van der Waals surface area contributed by atoms with Gasteiger partial charge in [0.2, 0.25) is 0 Å². The lowest BCUT2D eigenvalue weighted by molar-refractivity contribution is -0.117. The number of hydrogen-bond acceptors (Lipinski definition) is 3. The molecule has 4 aromatic carbocycles. The molecule has 4 nitrogen and oxygen atoms in total. The van der Waals surface area contributed by atoms with Crippen molar-refractivity contribution in [1.29, 1.82) is 0 Å². The van der Waals surface area contributed by atoms with Gasteiger partial charge in [-0.3, -0.25) is 4.79 Å². The Balaban J connectivity index is 1.52. The molecular formula is C26H20O4. The van der Waals surface area contributed by atoms with Crippen molar-refractivity contribution >= 4 is 22.5 Å². The summed E-state index contributed by atoms with van der Waals surface area (Å²) in [6.07, 6.45) is 0.272. The van der Waals surface area contributed by atoms with E-state index in [2.05, 4.69) is 0 Å². The van der Waals surface area contributed by atoms with Gasteiger partial charge in [0.05, 0.1) is 5.56 Å². The van der Waals surface area contributed by atoms with Gasteiger partial charge in [-0.2, -0.15) is 0 Å². The molecule has 148 valence electrons. The molecule has 0 fully saturated rings. The molecule has 4 aromatic rings. The number of carbonyl (C=O) groups is 2. The lowest BCUT2D eigenvalue weighted by Crippen LogP contribution is -2.11. The minimum atomic E-state index is -1.03. The SMILES string of the molecule is O=C(Cc1cccc(Oc2ccccc2)c1)Cc1cc2ccccc2cc1C(=O)O. The second-order valence-electron chi connectivity index (χ2n) is 7.12. The van der Waals surface area contributed by atoms with Crippen molar-refractivity contribution in [3.63, 3.8) is 0 Å². The minimum absolute atomic E-state index is 0.0513. The molecule has 0 amide bonds. The van der Waals surface area contributed by atoms with E-state index in [9.17, 15) is 14.7 Å². The maximum absolute atomic E-state index is 12.7. The average molecular weight is 396 g/mol. The quantitative estimate of drug-likeness (QED) is 0.436. The van der Waals surface area contributed by atoms with Crippen molar-refractivity contribution in [2.45, 2.75) is 12.8 Å². The van der Waals surface area contributed by atoms with Crippen LogP contribution in [0.5, 0.6) is 11.5 Å². The minimum Gasteiger partial charge on any atom is -0.478 e. The summed E-state index contributed by atoms with van der Waals surface area (Å²) in [5, 5.41) is 11.3. The van der Waals surface area contributed by atoms with E-state index in [1.165, 1.54) is 0 Å². The number of hydrogen-bond donors (Lipinski definition) is 1. The number of ketones is 1. The van der Waals surface area contributed by atoms with Gasteiger partial charge >= 0.3 is 5.97 Å². The summed E-state index contributed by atoms with van der Waals surface area (Å²) < 4.78 is 5.83. The lowest BCUT2D eigenvalue weighted by atomic mass is 9.95. The highest BCUT2D eigenvalue weighted by Crippen LogP contribution is 2.24. The fourth-order valence-corrected chi connectivity index (χ4v) is 3.48. The summed E-state index contributed by atoms with van der Waals surface area (Å²) in [7, 11) is 0. The first-order valence-electron chi connectivity index (χ1n) is 9.67. The number of Topliss-reactive ketones (excluding diaryl/α,β-unsaturated/α-hetero) is 1. The van der Waals surface area contributed by atoms with E-state index < -0.39 is 5.97 Å². The summed E-state index contributed by atoms with van der Waals surface area (Å²) in [4.78, 5) is 24.4. The van der Waals surface area contributed by atoms with Crippen LogP contribution in [0.1, 0.15) is 21.5 Å². The largest absolute Gasteiger partial charge is 0.478 e. The van der Waals surface area contributed by atoms with Crippen molar-refractivity contribution in [2.75, 3.05) is 0 Å². The van der Waals surface area contributed by atoms with Crippen LogP contribution in [-0.2, 0) is 17.6 Å². The number of carboxylic acid groups (broad SMARTS) is 1. The Morgan fingerprint density at radius 3 is 2.10 bits per heavy atom. The predicted molar refractivity (Wildman–Crippen MR) is 116 cm³/mol. The van der Waals surface area contributed by atoms with E-state index in [4.69, 9.17) is 4.74 Å². The highest BCUT2D eigenvalue weighted by molar-refractivity contribution is 5.98. The van der Waals surface area contributed by atoms with Gasteiger partial charge in [-0.15, -0.1) is 0 Å². The Labute approximate surface area is 174 Å². The molecule has 0 saturated heterocycles. The Bertz CT molecular complexity index is 1210. The maximum atomic E-state index is 12.7. The number of para-hydroxylation sites is 1. The molecule has 0 spiro atoms. The fourth-order valence-electron chi connectivity index (χ4n) is 3.48. The standard InChI is InChI=1S/C26H20O4/c27-22(13-18-7-6-12-24(14-18)30-23-10-2-1-3-11-23)16-21-15-19-8-4-5-9-20(19)17-25(21)26(28)29/h1-12,14-15,17H,13,16H2,(H,28,29). The van der Waals surface area contributed by atoms with Crippen molar-refractivity contribution < 1.29 is 19.4 Å². The maximum Gasteiger partial charge on any atom is 0.335 e. The van der Waals surface area contributed by atoms with E-state index in [0.717, 1.165) is 22.1 Å². The number of fused-ring (bicyclic) bond motifs is 1. The second kappa shape index (κ2) is 8.62. The third-order valence-electron chi connectivity index (χ3n) is 4.87. The Kier molecular flexibility index (Phi) is 5.57. The van der Waals surface area contributed by atoms with Gasteiger partial charge in [-0.25, -0.2) is 4.79 Å². The molecule has 0 heterocycles. The molecule has 0 saturated carbocycles. The van der Waals surface area contributed by atoms with Crippen LogP contribution in [0, 0.1) is 0 Å². The molecule has 4 heteroatoms. The molecule has 0 radical (unpaired) electrons. The van der Waals surface area contributed by atoms with Gasteiger partial charge in [-0.05, 0) is 58.3 Å². The third kappa shape index (κ3) is 4.55. The molecule has 4 rings (SSSR count). The first kappa shape index (κ1) is 19.4. The number of rotatable bonds is 7. The van der Waals surface area contributed by atoms with Crippen LogP contribution >= 0.6 is 0 Å². The number of carbonyl (C=O) groups excluding carboxylic acids is 1. The monoisotopic (exact) mass is 396 g/mol. The average Bonchev–Trinajstić information content (AvgIpc) is 2.74. The Hall–Kier alpha value is -3.92. The molecule has 0 bridgehead atoms. The van der Waals surface area contributed by atoms with Gasteiger partial charge in [-0.1, -0.05) is 54.6 Å². The van der Waals surface area contributed by atoms with Gasteiger partial charge in [0.25, 0.3) is 0 Å². The summed E-state index contributed by atoms with van der Waals surface area (Å²) in [6.45, 7) is 0. The van der Waals surface area contributed by atoms with E-state index in [1.54, 1.807) is 12.1 Å². The molecule has 30 heavy (non-hydrogen) atoms. The molecule has 0 aliphatic carbocycles. The third-order valence-corrected chi connectivity index (χ3v) is 4.87. The second-order valence-corrected chi connectivity index (χ2v) is 7.12. The van der Waals surface area contributed by atoms with Gasteiger partial charge in [0, 0.05) is 12.8 Å². The zero-order valence-electron chi connectivity index (χ0n) is 16.2. The Morgan fingerprint density at radius 1 is 0.700 bits per heavy atom. The van der Waals surface area contributed by atoms with Crippen LogP contribution in [-0.4, -0.2) is 16.9 Å². The zero-order valence-corrected chi connectivity index (χ0v) is 16.2. The molecule has 0 aliphatic heterocycles. The van der Waals surface area contributed by atoms with E-state index in [-0.39, 0.29) is 24.2 Å². The van der Waals surface area contributed by atoms with Crippen LogP contribution in [0.25, 0.3) is 10.8 Å². The molecule has 0 aliphatic rings. The summed E-state index contributed by atoms with van der Waals surface area (Å²) >= 11 is 0. The van der Waals surface area contributed by atoms with Crippen LogP contribution in [0.15, 0.2) is 91.0 Å². The van der Waals surface area contributed by atoms with Gasteiger partial charge in [0.15, 0.2) is 0 Å². The number of benzene rings is 4. The summed E-state index contributed by atoms with van der Waals surface area (Å²) in [6, 6.07) is 27.8. The summed E-state index contributed by atoms with van der Waals surface area (Å²) in [5.41, 5.74) is 1.53. The molecular weight excluding hydrogens is 376 g/mol. The first-order chi connectivity index (χ1) is 14.6. The highest BCUT2D eigenvalue weighted by Gasteiger charge is 2.15. The van der Waals surface area contributed by atoms with E-state index >= 15 is 0 Å². The van der Waals surface area contributed by atoms with Crippen LogP contribution in [0.3, 0.4) is 0 Å². The summed E-state index contributed by atoms with van der Waals surface area (Å²) in [5.74, 6) is 0.304. The molecule has 0 unspecified atom stereocenters. The zero-order chi connectivity index (χ0) is 20.9. The van der Waals surface area contributed by atoms with Gasteiger partial charge in [0.1, 0.15) is 17.3 Å². The first-order valence-corrected chi connectivity index (χ1v) is 9.67. The van der Waals surface area contributed by atoms with Crippen molar-refractivity contribution in [3.05, 3.63) is 108 Å². The van der Waals surface area contributed by atoms with Crippen molar-refractivity contribution in [2.24, 2.45) is 0 Å². The molecule has 0 aromatic heterocycles. The van der Waals surface area contributed by atoms with E-state index in [0.29, 0.717) is 11.3 Å². The van der Waals surface area contributed by atoms with Crippen LogP contribution in [0.4, 0.5) is 0 Å². The van der Waals surface area contributed by atoms with Crippen LogP contribution in [0.2, 0.25) is 0 Å². The van der Waals surface area contributed by atoms with Crippen molar-refractivity contribution in [1.82, 2.24) is 0 Å². The molecule has 0 atom stereocenters. The number of carboxylic acids is 1.